The van der Waals surface area contributed by atoms with Gasteiger partial charge in [0.1, 0.15) is 0 Å². The second-order valence-corrected chi connectivity index (χ2v) is 23.2. The van der Waals surface area contributed by atoms with Gasteiger partial charge < -0.3 is 13.7 Å². The first-order valence-electron chi connectivity index (χ1n) is 29.7. The van der Waals surface area contributed by atoms with Gasteiger partial charge in [-0.05, 0) is 142 Å². The summed E-state index contributed by atoms with van der Waals surface area (Å²) < 4.78 is 7.13. The molecule has 19 rings (SSSR count). The van der Waals surface area contributed by atoms with Crippen molar-refractivity contribution in [3.8, 4) is 50.4 Å². The Morgan fingerprint density at radius 1 is 0.184 bits per heavy atom. The van der Waals surface area contributed by atoms with Crippen LogP contribution in [0.3, 0.4) is 0 Å². The number of pyridine rings is 3. The first-order valence-corrected chi connectivity index (χ1v) is 29.7. The quantitative estimate of drug-likeness (QED) is 0.156. The van der Waals surface area contributed by atoms with Crippen molar-refractivity contribution in [3.05, 3.63) is 292 Å². The molecule has 0 aliphatic heterocycles. The van der Waals surface area contributed by atoms with Crippen LogP contribution >= 0.6 is 0 Å². The fourth-order valence-electron chi connectivity index (χ4n) is 14.4. The van der Waals surface area contributed by atoms with E-state index in [1.807, 2.05) is 18.6 Å². The van der Waals surface area contributed by atoms with E-state index in [1.165, 1.54) is 65.4 Å². The van der Waals surface area contributed by atoms with Gasteiger partial charge in [0.2, 0.25) is 0 Å². The standard InChI is InChI=1S/C81H48N6/c1-7-19-73-67(13-1)68-14-2-8-20-74(68)85(73)61-31-34-64-49(43-61)25-28-52-37-58(46-82-79(52)64)55-40-56(59-38-53-29-26-50-44-62(32-35-65(50)80(53)83-47-59)86-75-21-9-3-15-69(75)70-16-4-10-22-76(70)86)42-57(41-55)60-39-54-30-27-51-45-63(33-36-66(51)81(54)84-48-60)87-77-23-11-5-17-71(77)72-18-6-12-24-78(72)87/h1-48H. The van der Waals surface area contributed by atoms with Crippen LogP contribution in [-0.2, 0) is 0 Å². The second kappa shape index (κ2) is 18.4. The Labute approximate surface area is 498 Å². The topological polar surface area (TPSA) is 53.5 Å². The van der Waals surface area contributed by atoms with Crippen LogP contribution in [0.1, 0.15) is 0 Å². The maximum atomic E-state index is 5.29. The van der Waals surface area contributed by atoms with E-state index >= 15 is 0 Å². The lowest BCUT2D eigenvalue weighted by atomic mass is 9.93. The predicted octanol–water partition coefficient (Wildman–Crippen LogP) is 21.1. The highest BCUT2D eigenvalue weighted by molar-refractivity contribution is 6.14. The second-order valence-electron chi connectivity index (χ2n) is 23.2. The molecule has 0 N–H and O–H groups in total. The summed E-state index contributed by atoms with van der Waals surface area (Å²) in [4.78, 5) is 15.9. The Bertz CT molecular complexity index is 5390. The molecular formula is C81H48N6. The van der Waals surface area contributed by atoms with Gasteiger partial charge in [0, 0.05) is 117 Å². The van der Waals surface area contributed by atoms with Crippen LogP contribution < -0.4 is 0 Å². The number of rotatable bonds is 6. The van der Waals surface area contributed by atoms with Crippen molar-refractivity contribution in [1.29, 1.82) is 0 Å². The summed E-state index contributed by atoms with van der Waals surface area (Å²) in [6.07, 6.45) is 6.13. The molecule has 6 nitrogen and oxygen atoms in total. The van der Waals surface area contributed by atoms with Crippen molar-refractivity contribution >= 4 is 130 Å². The Kier molecular flexibility index (Phi) is 10.1. The van der Waals surface area contributed by atoms with Gasteiger partial charge in [0.25, 0.3) is 0 Å². The van der Waals surface area contributed by atoms with Gasteiger partial charge in [-0.15, -0.1) is 0 Å². The van der Waals surface area contributed by atoms with Crippen molar-refractivity contribution < 1.29 is 0 Å². The van der Waals surface area contributed by atoms with Gasteiger partial charge in [0.05, 0.1) is 49.7 Å². The molecule has 0 spiro atoms. The number of benzene rings is 13. The van der Waals surface area contributed by atoms with Gasteiger partial charge in [-0.2, -0.15) is 0 Å². The molecule has 0 aliphatic carbocycles. The van der Waals surface area contributed by atoms with Crippen LogP contribution in [0, 0.1) is 0 Å². The van der Waals surface area contributed by atoms with Gasteiger partial charge in [0.15, 0.2) is 0 Å². The molecule has 0 aliphatic rings. The van der Waals surface area contributed by atoms with Crippen molar-refractivity contribution in [2.75, 3.05) is 0 Å². The Hall–Kier alpha value is -11.7. The zero-order valence-corrected chi connectivity index (χ0v) is 46.9. The number of hydrogen-bond donors (Lipinski definition) is 0. The van der Waals surface area contributed by atoms with Crippen LogP contribution in [0.2, 0.25) is 0 Å². The number of para-hydroxylation sites is 6. The summed E-state index contributed by atoms with van der Waals surface area (Å²) in [6, 6.07) is 99.6. The summed E-state index contributed by atoms with van der Waals surface area (Å²) in [5.74, 6) is 0. The smallest absolute Gasteiger partial charge is 0.0780 e. The number of nitrogens with zero attached hydrogens (tertiary/aromatic N) is 6. The zero-order chi connectivity index (χ0) is 56.8. The van der Waals surface area contributed by atoms with E-state index in [0.717, 1.165) is 115 Å². The summed E-state index contributed by atoms with van der Waals surface area (Å²) in [7, 11) is 0. The molecule has 0 amide bonds. The molecule has 0 radical (unpaired) electrons. The number of hydrogen-bond acceptors (Lipinski definition) is 3. The third-order valence-electron chi connectivity index (χ3n) is 18.4. The molecule has 6 aromatic heterocycles. The fourth-order valence-corrected chi connectivity index (χ4v) is 14.4. The van der Waals surface area contributed by atoms with Gasteiger partial charge in [-0.3, -0.25) is 15.0 Å². The van der Waals surface area contributed by atoms with Crippen LogP contribution in [0.4, 0.5) is 0 Å². The molecular weight excluding hydrogens is 1060 g/mol. The first kappa shape index (κ1) is 47.7. The lowest BCUT2D eigenvalue weighted by molar-refractivity contribution is 1.19. The Morgan fingerprint density at radius 3 is 0.690 bits per heavy atom. The van der Waals surface area contributed by atoms with Crippen LogP contribution in [0.25, 0.3) is 181 Å². The minimum Gasteiger partial charge on any atom is -0.309 e. The lowest BCUT2D eigenvalue weighted by Crippen LogP contribution is -1.94. The molecule has 0 unspecified atom stereocenters. The fraction of sp³-hybridized carbons (Fsp3) is 0. The Balaban J connectivity index is 0.729. The van der Waals surface area contributed by atoms with Crippen LogP contribution in [-0.4, -0.2) is 28.7 Å². The number of fused-ring (bicyclic) bond motifs is 18. The van der Waals surface area contributed by atoms with Crippen molar-refractivity contribution in [2.45, 2.75) is 0 Å². The summed E-state index contributed by atoms with van der Waals surface area (Å²) in [5.41, 5.74) is 19.8. The minimum atomic E-state index is 0.975. The SMILES string of the molecule is c1ccc2c(c1)c1ccccc1n2-c1ccc2c(ccc3cc(-c4cc(-c5cnc6c(ccc7cc(-n8c9ccccc9c9ccccc98)ccc76)c5)cc(-c5cnc6c(ccc7cc(-n8c9ccccc9c9ccccc98)ccc76)c5)c4)cnc32)c1. The molecule has 402 valence electrons. The third-order valence-corrected chi connectivity index (χ3v) is 18.4. The monoisotopic (exact) mass is 1100 g/mol. The molecule has 87 heavy (non-hydrogen) atoms. The molecule has 0 bridgehead atoms. The summed E-state index contributed by atoms with van der Waals surface area (Å²) in [5, 5.41) is 17.5. The summed E-state index contributed by atoms with van der Waals surface area (Å²) in [6.45, 7) is 0. The molecule has 6 heteroatoms. The molecule has 13 aromatic carbocycles. The van der Waals surface area contributed by atoms with E-state index < -0.39 is 0 Å². The lowest BCUT2D eigenvalue weighted by Gasteiger charge is -2.14. The van der Waals surface area contributed by atoms with Crippen molar-refractivity contribution in [2.24, 2.45) is 0 Å². The molecule has 0 atom stereocenters. The summed E-state index contributed by atoms with van der Waals surface area (Å²) >= 11 is 0. The van der Waals surface area contributed by atoms with Gasteiger partial charge >= 0.3 is 0 Å². The zero-order valence-electron chi connectivity index (χ0n) is 46.9. The molecule has 6 heterocycles. The number of aromatic nitrogens is 6. The maximum absolute atomic E-state index is 5.29. The highest BCUT2D eigenvalue weighted by Gasteiger charge is 2.19. The van der Waals surface area contributed by atoms with E-state index in [1.54, 1.807) is 0 Å². The van der Waals surface area contributed by atoms with Crippen LogP contribution in [0.15, 0.2) is 292 Å². The molecule has 19 aromatic rings. The Morgan fingerprint density at radius 2 is 0.425 bits per heavy atom. The highest BCUT2D eigenvalue weighted by Crippen LogP contribution is 2.41. The third kappa shape index (κ3) is 7.25. The van der Waals surface area contributed by atoms with Crippen molar-refractivity contribution in [3.63, 3.8) is 0 Å². The largest absolute Gasteiger partial charge is 0.309 e. The highest BCUT2D eigenvalue weighted by atomic mass is 15.0. The average Bonchev–Trinajstić information content (AvgIpc) is 2.59. The van der Waals surface area contributed by atoms with E-state index in [-0.39, 0.29) is 0 Å². The van der Waals surface area contributed by atoms with E-state index in [4.69, 9.17) is 15.0 Å². The van der Waals surface area contributed by atoms with E-state index in [2.05, 4.69) is 287 Å². The molecule has 0 fully saturated rings. The normalized spacial score (nSPS) is 12.1. The maximum Gasteiger partial charge on any atom is 0.0780 e. The van der Waals surface area contributed by atoms with Gasteiger partial charge in [-0.1, -0.05) is 164 Å². The van der Waals surface area contributed by atoms with Crippen molar-refractivity contribution in [1.82, 2.24) is 28.7 Å². The molecule has 0 saturated carbocycles. The van der Waals surface area contributed by atoms with Gasteiger partial charge in [-0.25, -0.2) is 0 Å². The van der Waals surface area contributed by atoms with Crippen LogP contribution in [0.5, 0.6) is 0 Å². The van der Waals surface area contributed by atoms with E-state index in [9.17, 15) is 0 Å². The predicted molar refractivity (Wildman–Crippen MR) is 364 cm³/mol. The minimum absolute atomic E-state index is 0.975. The molecule has 0 saturated heterocycles. The van der Waals surface area contributed by atoms with E-state index in [0.29, 0.717) is 0 Å². The first-order chi connectivity index (χ1) is 43.1. The average molecular weight is 1110 g/mol.